The molecule has 1 fully saturated rings. The average Bonchev–Trinajstić information content (AvgIpc) is 2.10. The first-order valence-electron chi connectivity index (χ1n) is 5.86. The van der Waals surface area contributed by atoms with Gasteiger partial charge in [0.05, 0.1) is 6.10 Å². The Morgan fingerprint density at radius 1 is 1.50 bits per heavy atom. The lowest BCUT2D eigenvalue weighted by Crippen LogP contribution is -2.39. The summed E-state index contributed by atoms with van der Waals surface area (Å²) in [6, 6.07) is 0. The van der Waals surface area contributed by atoms with Gasteiger partial charge in [-0.15, -0.1) is 0 Å². The maximum absolute atomic E-state index is 11.7. The lowest BCUT2D eigenvalue weighted by atomic mass is 10.0. The maximum Gasteiger partial charge on any atom is 0.247 e. The van der Waals surface area contributed by atoms with Crippen molar-refractivity contribution in [2.24, 2.45) is 5.92 Å². The molecule has 1 aliphatic rings. The Bertz CT molecular complexity index is 279. The summed E-state index contributed by atoms with van der Waals surface area (Å²) in [5.74, 6) is 0.390. The topological polar surface area (TPSA) is 61.4 Å². The number of amides is 1. The molecule has 1 heterocycles. The van der Waals surface area contributed by atoms with Crippen LogP contribution < -0.4 is 10.6 Å². The van der Waals surface area contributed by atoms with Crippen molar-refractivity contribution in [1.29, 1.82) is 0 Å². The lowest BCUT2D eigenvalue weighted by Gasteiger charge is -2.22. The van der Waals surface area contributed by atoms with Gasteiger partial charge in [0.15, 0.2) is 0 Å². The van der Waals surface area contributed by atoms with Gasteiger partial charge in [0.25, 0.3) is 0 Å². The molecule has 1 rings (SSSR count). The van der Waals surface area contributed by atoms with E-state index in [1.54, 1.807) is 0 Å². The minimum Gasteiger partial charge on any atom is -0.391 e. The zero-order valence-electron chi connectivity index (χ0n) is 10.3. The van der Waals surface area contributed by atoms with Crippen LogP contribution in [-0.2, 0) is 4.79 Å². The highest BCUT2D eigenvalue weighted by atomic mass is 16.3. The summed E-state index contributed by atoms with van der Waals surface area (Å²) in [6.07, 6.45) is 0.276. The highest BCUT2D eigenvalue weighted by Crippen LogP contribution is 2.09. The second-order valence-electron chi connectivity index (χ2n) is 4.83. The van der Waals surface area contributed by atoms with E-state index >= 15 is 0 Å². The van der Waals surface area contributed by atoms with Crippen LogP contribution >= 0.6 is 0 Å². The molecule has 1 unspecified atom stereocenters. The van der Waals surface area contributed by atoms with Crippen LogP contribution in [0.15, 0.2) is 11.1 Å². The number of aliphatic hydroxyl groups is 1. The summed E-state index contributed by atoms with van der Waals surface area (Å²) >= 11 is 0. The van der Waals surface area contributed by atoms with Crippen molar-refractivity contribution < 1.29 is 9.90 Å². The zero-order valence-corrected chi connectivity index (χ0v) is 10.3. The largest absolute Gasteiger partial charge is 0.391 e. The van der Waals surface area contributed by atoms with Gasteiger partial charge in [-0.2, -0.15) is 0 Å². The van der Waals surface area contributed by atoms with Crippen LogP contribution in [0, 0.1) is 5.92 Å². The molecule has 16 heavy (non-hydrogen) atoms. The molecular formula is C12H22N2O2. The predicted molar refractivity (Wildman–Crippen MR) is 64.0 cm³/mol. The standard InChI is InChI=1S/C12H22N2O2/c1-8(2)4-11(15)7-14-12(16)9(3)10-5-13-6-10/h8,11,13,15H,4-7H2,1-3H3,(H,14,16). The molecule has 4 heteroatoms. The Morgan fingerprint density at radius 3 is 2.56 bits per heavy atom. The Balaban J connectivity index is 2.29. The molecule has 0 saturated carbocycles. The summed E-state index contributed by atoms with van der Waals surface area (Å²) in [5.41, 5.74) is 1.95. The lowest BCUT2D eigenvalue weighted by molar-refractivity contribution is -0.118. The van der Waals surface area contributed by atoms with Crippen molar-refractivity contribution in [1.82, 2.24) is 10.6 Å². The number of nitrogens with one attached hydrogen (secondary N) is 2. The van der Waals surface area contributed by atoms with Crippen LogP contribution in [0.25, 0.3) is 0 Å². The highest BCUT2D eigenvalue weighted by Gasteiger charge is 2.16. The molecule has 1 atom stereocenters. The second kappa shape index (κ2) is 6.01. The molecule has 1 aliphatic heterocycles. The molecule has 0 radical (unpaired) electrons. The van der Waals surface area contributed by atoms with Gasteiger partial charge in [-0.3, -0.25) is 4.79 Å². The summed E-state index contributed by atoms with van der Waals surface area (Å²) in [4.78, 5) is 11.7. The van der Waals surface area contributed by atoms with Gasteiger partial charge in [0.2, 0.25) is 5.91 Å². The Labute approximate surface area is 97.1 Å². The monoisotopic (exact) mass is 226 g/mol. The number of carbonyl (C=O) groups is 1. The molecule has 0 aromatic carbocycles. The van der Waals surface area contributed by atoms with E-state index in [9.17, 15) is 9.90 Å². The summed E-state index contributed by atoms with van der Waals surface area (Å²) in [6.45, 7) is 7.91. The van der Waals surface area contributed by atoms with Crippen molar-refractivity contribution in [2.45, 2.75) is 33.3 Å². The Kier molecular flexibility index (Phi) is 4.96. The van der Waals surface area contributed by atoms with Crippen molar-refractivity contribution in [2.75, 3.05) is 19.6 Å². The normalized spacial score (nSPS) is 16.9. The van der Waals surface area contributed by atoms with Crippen LogP contribution in [-0.4, -0.2) is 36.8 Å². The summed E-state index contributed by atoms with van der Waals surface area (Å²) in [5, 5.41) is 15.5. The minimum absolute atomic E-state index is 0.0562. The van der Waals surface area contributed by atoms with Crippen molar-refractivity contribution >= 4 is 5.91 Å². The smallest absolute Gasteiger partial charge is 0.247 e. The van der Waals surface area contributed by atoms with Gasteiger partial charge in [0.1, 0.15) is 0 Å². The van der Waals surface area contributed by atoms with E-state index in [1.165, 1.54) is 0 Å². The van der Waals surface area contributed by atoms with E-state index in [4.69, 9.17) is 0 Å². The highest BCUT2D eigenvalue weighted by molar-refractivity contribution is 5.93. The van der Waals surface area contributed by atoms with Crippen molar-refractivity contribution in [3.8, 4) is 0 Å². The van der Waals surface area contributed by atoms with E-state index in [0.717, 1.165) is 30.7 Å². The molecule has 3 N–H and O–H groups in total. The minimum atomic E-state index is -0.443. The molecule has 4 nitrogen and oxygen atoms in total. The molecule has 92 valence electrons. The maximum atomic E-state index is 11.7. The summed E-state index contributed by atoms with van der Waals surface area (Å²) in [7, 11) is 0. The number of carbonyl (C=O) groups excluding carboxylic acids is 1. The van der Waals surface area contributed by atoms with Gasteiger partial charge >= 0.3 is 0 Å². The van der Waals surface area contributed by atoms with Crippen LogP contribution in [0.2, 0.25) is 0 Å². The van der Waals surface area contributed by atoms with Crippen LogP contribution in [0.3, 0.4) is 0 Å². The Hall–Kier alpha value is -0.870. The predicted octanol–water partition coefficient (Wildman–Crippen LogP) is 0.429. The molecule has 0 bridgehead atoms. The first kappa shape index (κ1) is 13.2. The fourth-order valence-electron chi connectivity index (χ4n) is 1.65. The number of hydrogen-bond acceptors (Lipinski definition) is 3. The third kappa shape index (κ3) is 3.94. The third-order valence-electron chi connectivity index (χ3n) is 2.79. The molecule has 0 aliphatic carbocycles. The van der Waals surface area contributed by atoms with Crippen LogP contribution in [0.4, 0.5) is 0 Å². The average molecular weight is 226 g/mol. The third-order valence-corrected chi connectivity index (χ3v) is 2.79. The second-order valence-corrected chi connectivity index (χ2v) is 4.83. The first-order chi connectivity index (χ1) is 7.50. The van der Waals surface area contributed by atoms with Gasteiger partial charge in [-0.1, -0.05) is 13.8 Å². The molecule has 1 saturated heterocycles. The molecule has 0 spiro atoms. The van der Waals surface area contributed by atoms with E-state index in [1.807, 2.05) is 6.92 Å². The molecule has 1 amide bonds. The van der Waals surface area contributed by atoms with E-state index in [-0.39, 0.29) is 5.91 Å². The molecule has 0 aromatic rings. The van der Waals surface area contributed by atoms with Crippen LogP contribution in [0.5, 0.6) is 0 Å². The van der Waals surface area contributed by atoms with E-state index in [2.05, 4.69) is 24.5 Å². The van der Waals surface area contributed by atoms with Gasteiger partial charge < -0.3 is 15.7 Å². The molecular weight excluding hydrogens is 204 g/mol. The van der Waals surface area contributed by atoms with E-state index in [0.29, 0.717) is 12.5 Å². The number of rotatable bonds is 5. The summed E-state index contributed by atoms with van der Waals surface area (Å²) < 4.78 is 0. The fourth-order valence-corrected chi connectivity index (χ4v) is 1.65. The van der Waals surface area contributed by atoms with Crippen molar-refractivity contribution in [3.63, 3.8) is 0 Å². The van der Waals surface area contributed by atoms with E-state index < -0.39 is 6.10 Å². The van der Waals surface area contributed by atoms with Crippen molar-refractivity contribution in [3.05, 3.63) is 11.1 Å². The molecule has 0 aromatic heterocycles. The van der Waals surface area contributed by atoms with Gasteiger partial charge in [-0.25, -0.2) is 0 Å². The number of hydrogen-bond donors (Lipinski definition) is 3. The first-order valence-corrected chi connectivity index (χ1v) is 5.86. The zero-order chi connectivity index (χ0) is 12.1. The number of aliphatic hydroxyl groups excluding tert-OH is 1. The fraction of sp³-hybridized carbons (Fsp3) is 0.750. The van der Waals surface area contributed by atoms with Gasteiger partial charge in [-0.05, 0) is 24.8 Å². The van der Waals surface area contributed by atoms with Crippen LogP contribution in [0.1, 0.15) is 27.2 Å². The SMILES string of the molecule is CC(C(=O)NCC(O)CC(C)C)=C1CNC1. The quantitative estimate of drug-likeness (QED) is 0.596. The van der Waals surface area contributed by atoms with Gasteiger partial charge in [0, 0.05) is 25.2 Å². The Morgan fingerprint density at radius 2 is 2.12 bits per heavy atom.